The van der Waals surface area contributed by atoms with Gasteiger partial charge in [-0.1, -0.05) is 19.9 Å². The van der Waals surface area contributed by atoms with E-state index < -0.39 is 6.10 Å². The summed E-state index contributed by atoms with van der Waals surface area (Å²) >= 11 is 0. The Balaban J connectivity index is 2.15. The van der Waals surface area contributed by atoms with Crippen LogP contribution >= 0.6 is 0 Å². The minimum absolute atomic E-state index is 0.346. The van der Waals surface area contributed by atoms with E-state index in [0.717, 1.165) is 12.8 Å². The summed E-state index contributed by atoms with van der Waals surface area (Å²) in [7, 11) is 0. The van der Waals surface area contributed by atoms with Crippen molar-refractivity contribution in [1.29, 1.82) is 0 Å². The molecular formula is C14H20FN3O. The van der Waals surface area contributed by atoms with E-state index in [1.807, 2.05) is 0 Å². The molecule has 1 aromatic heterocycles. The maximum Gasteiger partial charge on any atom is 0.148 e. The number of aliphatic hydroxyl groups is 1. The van der Waals surface area contributed by atoms with Crippen molar-refractivity contribution in [3.63, 3.8) is 0 Å². The standard InChI is InChI=1S/C14H20FN3O/c1-3-9(4-2)16-8-13(19)10-5-6-12(15)14-11(10)7-17-18-14/h5-7,9,13,16,19H,3-4,8H2,1-2H3,(H,17,18)/t13-/m0/s1. The van der Waals surface area contributed by atoms with Gasteiger partial charge in [0, 0.05) is 18.0 Å². The Bertz CT molecular complexity index is 536. The molecule has 104 valence electrons. The maximum absolute atomic E-state index is 13.5. The second kappa shape index (κ2) is 6.12. The van der Waals surface area contributed by atoms with Gasteiger partial charge in [0.15, 0.2) is 0 Å². The second-order valence-corrected chi connectivity index (χ2v) is 4.73. The van der Waals surface area contributed by atoms with Gasteiger partial charge in [-0.25, -0.2) is 4.39 Å². The third-order valence-electron chi connectivity index (χ3n) is 3.54. The molecule has 19 heavy (non-hydrogen) atoms. The molecule has 4 nitrogen and oxygen atoms in total. The first-order valence-corrected chi connectivity index (χ1v) is 6.70. The van der Waals surface area contributed by atoms with Gasteiger partial charge >= 0.3 is 0 Å². The van der Waals surface area contributed by atoms with Crippen LogP contribution in [0.15, 0.2) is 18.3 Å². The molecule has 0 spiro atoms. The lowest BCUT2D eigenvalue weighted by atomic mass is 10.0. The van der Waals surface area contributed by atoms with Crippen LogP contribution < -0.4 is 5.32 Å². The highest BCUT2D eigenvalue weighted by molar-refractivity contribution is 5.82. The third kappa shape index (κ3) is 2.93. The zero-order chi connectivity index (χ0) is 13.8. The summed E-state index contributed by atoms with van der Waals surface area (Å²) in [6.07, 6.45) is 2.93. The number of aliphatic hydroxyl groups excluding tert-OH is 1. The van der Waals surface area contributed by atoms with E-state index in [9.17, 15) is 9.50 Å². The van der Waals surface area contributed by atoms with E-state index in [1.165, 1.54) is 6.07 Å². The number of hydrogen-bond donors (Lipinski definition) is 3. The van der Waals surface area contributed by atoms with Crippen molar-refractivity contribution in [3.8, 4) is 0 Å². The van der Waals surface area contributed by atoms with Gasteiger partial charge in [-0.3, -0.25) is 5.10 Å². The van der Waals surface area contributed by atoms with Crippen LogP contribution in [0.25, 0.3) is 10.9 Å². The van der Waals surface area contributed by atoms with Crippen LogP contribution in [-0.4, -0.2) is 27.9 Å². The minimum atomic E-state index is -0.665. The monoisotopic (exact) mass is 265 g/mol. The van der Waals surface area contributed by atoms with Crippen LogP contribution in [0.1, 0.15) is 38.4 Å². The molecule has 0 radical (unpaired) electrons. The number of aromatic amines is 1. The molecular weight excluding hydrogens is 245 g/mol. The van der Waals surface area contributed by atoms with Gasteiger partial charge < -0.3 is 10.4 Å². The van der Waals surface area contributed by atoms with E-state index >= 15 is 0 Å². The first-order valence-electron chi connectivity index (χ1n) is 6.70. The largest absolute Gasteiger partial charge is 0.387 e. The van der Waals surface area contributed by atoms with Crippen molar-refractivity contribution in [3.05, 3.63) is 29.7 Å². The molecule has 2 rings (SSSR count). The number of rotatable bonds is 6. The Morgan fingerprint density at radius 2 is 2.11 bits per heavy atom. The first-order chi connectivity index (χ1) is 9.17. The summed E-state index contributed by atoms with van der Waals surface area (Å²) in [6.45, 7) is 4.68. The lowest BCUT2D eigenvalue weighted by molar-refractivity contribution is 0.170. The Morgan fingerprint density at radius 3 is 2.79 bits per heavy atom. The molecule has 0 amide bonds. The van der Waals surface area contributed by atoms with Gasteiger partial charge in [0.1, 0.15) is 11.3 Å². The molecule has 3 N–H and O–H groups in total. The number of nitrogens with one attached hydrogen (secondary N) is 2. The maximum atomic E-state index is 13.5. The number of aromatic nitrogens is 2. The Labute approximate surface area is 112 Å². The van der Waals surface area contributed by atoms with E-state index in [4.69, 9.17) is 0 Å². The van der Waals surface area contributed by atoms with E-state index in [-0.39, 0.29) is 5.82 Å². The van der Waals surface area contributed by atoms with Crippen molar-refractivity contribution >= 4 is 10.9 Å². The van der Waals surface area contributed by atoms with Crippen molar-refractivity contribution < 1.29 is 9.50 Å². The summed E-state index contributed by atoms with van der Waals surface area (Å²) < 4.78 is 13.5. The molecule has 0 saturated heterocycles. The zero-order valence-corrected chi connectivity index (χ0v) is 11.3. The lowest BCUT2D eigenvalue weighted by Crippen LogP contribution is -2.31. The number of benzene rings is 1. The van der Waals surface area contributed by atoms with Crippen LogP contribution in [0.3, 0.4) is 0 Å². The van der Waals surface area contributed by atoms with Crippen molar-refractivity contribution in [2.24, 2.45) is 0 Å². The highest BCUT2D eigenvalue weighted by Crippen LogP contribution is 2.24. The van der Waals surface area contributed by atoms with Gasteiger partial charge in [0.2, 0.25) is 0 Å². The van der Waals surface area contributed by atoms with Crippen LogP contribution in [0.5, 0.6) is 0 Å². The van der Waals surface area contributed by atoms with Crippen molar-refractivity contribution in [2.75, 3.05) is 6.54 Å². The minimum Gasteiger partial charge on any atom is -0.387 e. The highest BCUT2D eigenvalue weighted by Gasteiger charge is 2.15. The predicted molar refractivity (Wildman–Crippen MR) is 73.4 cm³/mol. The molecule has 5 heteroatoms. The van der Waals surface area contributed by atoms with Gasteiger partial charge in [0.05, 0.1) is 12.3 Å². The first kappa shape index (κ1) is 14.0. The van der Waals surface area contributed by atoms with Crippen LogP contribution in [-0.2, 0) is 0 Å². The SMILES string of the molecule is CCC(CC)NC[C@H](O)c1ccc(F)c2[nH]ncc12. The topological polar surface area (TPSA) is 60.9 Å². The quantitative estimate of drug-likeness (QED) is 0.752. The third-order valence-corrected chi connectivity index (χ3v) is 3.54. The fourth-order valence-electron chi connectivity index (χ4n) is 2.28. The smallest absolute Gasteiger partial charge is 0.148 e. The van der Waals surface area contributed by atoms with Gasteiger partial charge in [-0.15, -0.1) is 0 Å². The molecule has 1 aromatic carbocycles. The number of hydrogen-bond acceptors (Lipinski definition) is 3. The van der Waals surface area contributed by atoms with E-state index in [2.05, 4.69) is 29.4 Å². The van der Waals surface area contributed by atoms with E-state index in [0.29, 0.717) is 29.1 Å². The lowest BCUT2D eigenvalue weighted by Gasteiger charge is -2.18. The summed E-state index contributed by atoms with van der Waals surface area (Å²) in [5, 5.41) is 20.6. The average Bonchev–Trinajstić information content (AvgIpc) is 2.90. The Hall–Kier alpha value is -1.46. The number of halogens is 1. The predicted octanol–water partition coefficient (Wildman–Crippen LogP) is 2.51. The molecule has 0 bridgehead atoms. The average molecular weight is 265 g/mol. The fourth-order valence-corrected chi connectivity index (χ4v) is 2.28. The van der Waals surface area contributed by atoms with Crippen molar-refractivity contribution in [2.45, 2.75) is 38.8 Å². The van der Waals surface area contributed by atoms with Gasteiger partial charge in [-0.2, -0.15) is 5.10 Å². The molecule has 0 fully saturated rings. The van der Waals surface area contributed by atoms with E-state index in [1.54, 1.807) is 12.3 Å². The van der Waals surface area contributed by atoms with Crippen LogP contribution in [0.4, 0.5) is 4.39 Å². The van der Waals surface area contributed by atoms with Gasteiger partial charge in [-0.05, 0) is 24.5 Å². The molecule has 0 saturated carbocycles. The summed E-state index contributed by atoms with van der Waals surface area (Å²) in [5.74, 6) is -0.351. The summed E-state index contributed by atoms with van der Waals surface area (Å²) in [6, 6.07) is 3.37. The van der Waals surface area contributed by atoms with Gasteiger partial charge in [0.25, 0.3) is 0 Å². The summed E-state index contributed by atoms with van der Waals surface area (Å²) in [4.78, 5) is 0. The number of nitrogens with zero attached hydrogens (tertiary/aromatic N) is 1. The second-order valence-electron chi connectivity index (χ2n) is 4.73. The molecule has 0 unspecified atom stereocenters. The fraction of sp³-hybridized carbons (Fsp3) is 0.500. The van der Waals surface area contributed by atoms with Crippen LogP contribution in [0.2, 0.25) is 0 Å². The zero-order valence-electron chi connectivity index (χ0n) is 11.3. The molecule has 0 aliphatic carbocycles. The highest BCUT2D eigenvalue weighted by atomic mass is 19.1. The normalized spacial score (nSPS) is 13.3. The molecule has 0 aliphatic heterocycles. The molecule has 1 atom stereocenters. The van der Waals surface area contributed by atoms with Crippen molar-refractivity contribution in [1.82, 2.24) is 15.5 Å². The van der Waals surface area contributed by atoms with Crippen LogP contribution in [0, 0.1) is 5.82 Å². The molecule has 1 heterocycles. The summed E-state index contributed by atoms with van der Waals surface area (Å²) in [5.41, 5.74) is 1.04. The Morgan fingerprint density at radius 1 is 1.37 bits per heavy atom. The molecule has 2 aromatic rings. The molecule has 0 aliphatic rings. The number of fused-ring (bicyclic) bond motifs is 1. The Kier molecular flexibility index (Phi) is 4.50. The number of H-pyrrole nitrogens is 1.